The van der Waals surface area contributed by atoms with Crippen LogP contribution in [0.5, 0.6) is 0 Å². The standard InChI is InChI=1S/C24H28FN5O2/c1-22(2,25)21-28-20(30-32-21)24-9-6-23(7-10-24,8-11-24)15-26-18-5-3-4-16(12-18)17-13-19(31)29-27-14-17/h3-5,12-14,26H,6-11,15H2,1-2H3,(H,29,31). The molecule has 6 rings (SSSR count). The molecule has 1 aromatic carbocycles. The maximum Gasteiger partial charge on any atom is 0.264 e. The van der Waals surface area contributed by atoms with E-state index in [1.54, 1.807) is 12.3 Å². The third-order valence-electron chi connectivity index (χ3n) is 7.34. The number of benzene rings is 1. The molecule has 3 saturated carbocycles. The van der Waals surface area contributed by atoms with E-state index >= 15 is 0 Å². The molecule has 0 unspecified atom stereocenters. The Balaban J connectivity index is 1.26. The lowest BCUT2D eigenvalue weighted by Crippen LogP contribution is -2.47. The first-order valence-electron chi connectivity index (χ1n) is 11.2. The third kappa shape index (κ3) is 3.82. The molecule has 8 heteroatoms. The van der Waals surface area contributed by atoms with Gasteiger partial charge in [-0.1, -0.05) is 17.3 Å². The lowest BCUT2D eigenvalue weighted by Gasteiger charge is -2.52. The molecule has 0 atom stereocenters. The van der Waals surface area contributed by atoms with Gasteiger partial charge >= 0.3 is 0 Å². The van der Waals surface area contributed by atoms with Gasteiger partial charge in [-0.3, -0.25) is 4.79 Å². The van der Waals surface area contributed by atoms with E-state index in [1.165, 1.54) is 13.8 Å². The number of H-pyrrole nitrogens is 1. The molecular formula is C24H28FN5O2. The third-order valence-corrected chi connectivity index (χ3v) is 7.34. The number of fused-ring (bicyclic) bond motifs is 3. The summed E-state index contributed by atoms with van der Waals surface area (Å²) in [4.78, 5) is 16.0. The Hall–Kier alpha value is -3.03. The quantitative estimate of drug-likeness (QED) is 0.579. The predicted octanol–water partition coefficient (Wildman–Crippen LogP) is 4.73. The van der Waals surface area contributed by atoms with E-state index in [9.17, 15) is 9.18 Å². The van der Waals surface area contributed by atoms with Gasteiger partial charge in [0.15, 0.2) is 11.5 Å². The van der Waals surface area contributed by atoms with Crippen molar-refractivity contribution >= 4 is 5.69 Å². The molecule has 3 aliphatic rings. The maximum absolute atomic E-state index is 14.2. The zero-order valence-electron chi connectivity index (χ0n) is 18.4. The van der Waals surface area contributed by atoms with Crippen LogP contribution in [0, 0.1) is 5.41 Å². The Labute approximate surface area is 185 Å². The number of hydrogen-bond acceptors (Lipinski definition) is 6. The number of rotatable bonds is 6. The highest BCUT2D eigenvalue weighted by Gasteiger charge is 2.51. The summed E-state index contributed by atoms with van der Waals surface area (Å²) in [5.41, 5.74) is 1.13. The molecule has 0 amide bonds. The van der Waals surface area contributed by atoms with Gasteiger partial charge in [0.1, 0.15) is 0 Å². The maximum atomic E-state index is 14.2. The fourth-order valence-corrected chi connectivity index (χ4v) is 5.18. The lowest BCUT2D eigenvalue weighted by atomic mass is 9.53. The lowest BCUT2D eigenvalue weighted by molar-refractivity contribution is 0.0445. The summed E-state index contributed by atoms with van der Waals surface area (Å²) in [6.07, 6.45) is 7.91. The second-order valence-electron chi connectivity index (χ2n) is 9.94. The SMILES string of the molecule is CC(C)(F)c1nc(C23CCC(CNc4cccc(-c5cn[nH]c(=O)c5)c4)(CC2)CC3)no1. The summed E-state index contributed by atoms with van der Waals surface area (Å²) in [7, 11) is 0. The molecule has 3 aliphatic carbocycles. The van der Waals surface area contributed by atoms with Gasteiger partial charge in [0.25, 0.3) is 11.4 Å². The Morgan fingerprint density at radius 2 is 1.88 bits per heavy atom. The van der Waals surface area contributed by atoms with Gasteiger partial charge in [-0.2, -0.15) is 10.1 Å². The molecule has 0 aliphatic heterocycles. The van der Waals surface area contributed by atoms with E-state index in [0.29, 0.717) is 5.82 Å². The van der Waals surface area contributed by atoms with Crippen LogP contribution >= 0.6 is 0 Å². The van der Waals surface area contributed by atoms with Crippen molar-refractivity contribution in [1.82, 2.24) is 20.3 Å². The van der Waals surface area contributed by atoms with E-state index in [1.807, 2.05) is 12.1 Å². The summed E-state index contributed by atoms with van der Waals surface area (Å²) in [6.45, 7) is 3.79. The summed E-state index contributed by atoms with van der Waals surface area (Å²) >= 11 is 0. The van der Waals surface area contributed by atoms with Gasteiger partial charge in [0, 0.05) is 29.3 Å². The molecule has 3 aromatic rings. The van der Waals surface area contributed by atoms with E-state index in [2.05, 4.69) is 37.8 Å². The van der Waals surface area contributed by atoms with Crippen LogP contribution in [-0.4, -0.2) is 26.9 Å². The van der Waals surface area contributed by atoms with Crippen LogP contribution in [0.2, 0.25) is 0 Å². The average Bonchev–Trinajstić information content (AvgIpc) is 3.31. The predicted molar refractivity (Wildman–Crippen MR) is 119 cm³/mol. The van der Waals surface area contributed by atoms with E-state index in [0.717, 1.165) is 61.9 Å². The van der Waals surface area contributed by atoms with E-state index in [4.69, 9.17) is 4.52 Å². The normalized spacial score (nSPS) is 25.1. The minimum Gasteiger partial charge on any atom is -0.384 e. The fraction of sp³-hybridized carbons (Fsp3) is 0.500. The number of nitrogens with zero attached hydrogens (tertiary/aromatic N) is 3. The van der Waals surface area contributed by atoms with Gasteiger partial charge in [0.05, 0.1) is 6.20 Å². The van der Waals surface area contributed by atoms with Crippen molar-refractivity contribution in [3.63, 3.8) is 0 Å². The van der Waals surface area contributed by atoms with Crippen molar-refractivity contribution in [2.45, 2.75) is 63.5 Å². The average molecular weight is 438 g/mol. The zero-order valence-corrected chi connectivity index (χ0v) is 18.4. The smallest absolute Gasteiger partial charge is 0.264 e. The van der Waals surface area contributed by atoms with Gasteiger partial charge in [-0.05, 0) is 75.5 Å². The first kappa shape index (κ1) is 20.8. The number of hydrogen-bond donors (Lipinski definition) is 2. The van der Waals surface area contributed by atoms with Crippen LogP contribution < -0.4 is 10.9 Å². The number of nitrogens with one attached hydrogen (secondary N) is 2. The zero-order chi connectivity index (χ0) is 22.4. The Kier molecular flexibility index (Phi) is 4.91. The van der Waals surface area contributed by atoms with Crippen molar-refractivity contribution in [2.75, 3.05) is 11.9 Å². The van der Waals surface area contributed by atoms with E-state index < -0.39 is 5.67 Å². The minimum atomic E-state index is -1.61. The highest BCUT2D eigenvalue weighted by molar-refractivity contribution is 5.67. The molecule has 0 radical (unpaired) electrons. The second-order valence-corrected chi connectivity index (χ2v) is 9.94. The van der Waals surface area contributed by atoms with Crippen molar-refractivity contribution in [3.05, 3.63) is 58.6 Å². The van der Waals surface area contributed by atoms with Crippen LogP contribution in [0.3, 0.4) is 0 Å². The highest BCUT2D eigenvalue weighted by Crippen LogP contribution is 2.57. The molecule has 0 saturated heterocycles. The molecule has 168 valence electrons. The fourth-order valence-electron chi connectivity index (χ4n) is 5.18. The molecular weight excluding hydrogens is 409 g/mol. The number of aromatic nitrogens is 4. The molecule has 2 heterocycles. The highest BCUT2D eigenvalue weighted by atomic mass is 19.1. The van der Waals surface area contributed by atoms with E-state index in [-0.39, 0.29) is 22.3 Å². The molecule has 7 nitrogen and oxygen atoms in total. The monoisotopic (exact) mass is 437 g/mol. The molecule has 3 fully saturated rings. The van der Waals surface area contributed by atoms with Crippen molar-refractivity contribution in [1.29, 1.82) is 0 Å². The van der Waals surface area contributed by atoms with Crippen molar-refractivity contribution < 1.29 is 8.91 Å². The van der Waals surface area contributed by atoms with Gasteiger partial charge in [-0.15, -0.1) is 0 Å². The summed E-state index contributed by atoms with van der Waals surface area (Å²) < 4.78 is 19.4. The first-order chi connectivity index (χ1) is 15.3. The van der Waals surface area contributed by atoms with Crippen molar-refractivity contribution in [3.8, 4) is 11.1 Å². The van der Waals surface area contributed by atoms with Crippen LogP contribution in [-0.2, 0) is 11.1 Å². The van der Waals surface area contributed by atoms with Crippen LogP contribution in [0.15, 0.2) is 45.8 Å². The number of anilines is 1. The number of aromatic amines is 1. The first-order valence-corrected chi connectivity index (χ1v) is 11.2. The topological polar surface area (TPSA) is 96.7 Å². The van der Waals surface area contributed by atoms with Crippen LogP contribution in [0.4, 0.5) is 10.1 Å². The van der Waals surface area contributed by atoms with Gasteiger partial charge in [-0.25, -0.2) is 9.49 Å². The molecule has 2 bridgehead atoms. The van der Waals surface area contributed by atoms with Crippen LogP contribution in [0.1, 0.15) is 64.1 Å². The molecule has 2 aromatic heterocycles. The Morgan fingerprint density at radius 3 is 2.53 bits per heavy atom. The number of alkyl halides is 1. The molecule has 2 N–H and O–H groups in total. The summed E-state index contributed by atoms with van der Waals surface area (Å²) in [6, 6.07) is 9.63. The molecule has 32 heavy (non-hydrogen) atoms. The number of halogens is 1. The molecule has 0 spiro atoms. The van der Waals surface area contributed by atoms with Crippen LogP contribution in [0.25, 0.3) is 11.1 Å². The Morgan fingerprint density at radius 1 is 1.12 bits per heavy atom. The van der Waals surface area contributed by atoms with Gasteiger partial charge < -0.3 is 9.84 Å². The largest absolute Gasteiger partial charge is 0.384 e. The minimum absolute atomic E-state index is 0.0708. The Bertz CT molecular complexity index is 1150. The van der Waals surface area contributed by atoms with Crippen molar-refractivity contribution in [2.24, 2.45) is 5.41 Å². The van der Waals surface area contributed by atoms with Gasteiger partial charge in [0.2, 0.25) is 0 Å². The summed E-state index contributed by atoms with van der Waals surface area (Å²) in [5, 5.41) is 14.1. The summed E-state index contributed by atoms with van der Waals surface area (Å²) in [5.74, 6) is 0.750. The second kappa shape index (κ2) is 7.53.